The number of nitrogens with one attached hydrogen (secondary N) is 2. The largest absolute Gasteiger partial charge is 0.310 e. The van der Waals surface area contributed by atoms with Crippen LogP contribution in [-0.4, -0.2) is 21.0 Å². The first-order chi connectivity index (χ1) is 9.94. The van der Waals surface area contributed by atoms with Crippen molar-refractivity contribution in [1.82, 2.24) is 10.0 Å². The minimum atomic E-state index is -3.87. The first kappa shape index (κ1) is 16.7. The Kier molecular flexibility index (Phi) is 5.60. The second-order valence-electron chi connectivity index (χ2n) is 5.28. The molecule has 1 aromatic carbocycles. The van der Waals surface area contributed by atoms with E-state index >= 15 is 0 Å². The lowest BCUT2D eigenvalue weighted by molar-refractivity contribution is 0.540. The van der Waals surface area contributed by atoms with Gasteiger partial charge in [-0.15, -0.1) is 0 Å². The van der Waals surface area contributed by atoms with E-state index in [4.69, 9.17) is 11.6 Å². The molecule has 0 spiro atoms. The Morgan fingerprint density at radius 1 is 1.38 bits per heavy atom. The molecule has 21 heavy (non-hydrogen) atoms. The van der Waals surface area contributed by atoms with E-state index in [0.717, 1.165) is 25.3 Å². The molecule has 0 aliphatic heterocycles. The zero-order chi connectivity index (χ0) is 15.5. The van der Waals surface area contributed by atoms with Gasteiger partial charge in [0.2, 0.25) is 10.0 Å². The molecular formula is C14H20ClFN2O2S. The van der Waals surface area contributed by atoms with Crippen LogP contribution in [0.5, 0.6) is 0 Å². The van der Waals surface area contributed by atoms with Gasteiger partial charge in [0.1, 0.15) is 10.7 Å². The summed E-state index contributed by atoms with van der Waals surface area (Å²) in [5, 5.41) is 3.38. The summed E-state index contributed by atoms with van der Waals surface area (Å²) in [5.41, 5.74) is 0.283. The lowest BCUT2D eigenvalue weighted by atomic mass is 10.2. The predicted molar refractivity (Wildman–Crippen MR) is 81.4 cm³/mol. The van der Waals surface area contributed by atoms with Crippen LogP contribution in [0.3, 0.4) is 0 Å². The minimum absolute atomic E-state index is 0.222. The van der Waals surface area contributed by atoms with Crippen LogP contribution in [0.4, 0.5) is 4.39 Å². The third-order valence-electron chi connectivity index (χ3n) is 3.35. The predicted octanol–water partition coefficient (Wildman–Crippen LogP) is 2.81. The summed E-state index contributed by atoms with van der Waals surface area (Å²) in [4.78, 5) is -0.376. The average Bonchev–Trinajstić information content (AvgIpc) is 3.23. The van der Waals surface area contributed by atoms with Crippen LogP contribution in [-0.2, 0) is 16.6 Å². The molecule has 0 amide bonds. The summed E-state index contributed by atoms with van der Waals surface area (Å²) in [7, 11) is -3.87. The van der Waals surface area contributed by atoms with Gasteiger partial charge in [-0.05, 0) is 31.4 Å². The van der Waals surface area contributed by atoms with Crippen molar-refractivity contribution in [3.8, 4) is 0 Å². The monoisotopic (exact) mass is 334 g/mol. The molecule has 0 radical (unpaired) electrons. The van der Waals surface area contributed by atoms with E-state index in [9.17, 15) is 12.8 Å². The van der Waals surface area contributed by atoms with Gasteiger partial charge in [-0.1, -0.05) is 24.9 Å². The van der Waals surface area contributed by atoms with Crippen molar-refractivity contribution < 1.29 is 12.8 Å². The van der Waals surface area contributed by atoms with E-state index in [0.29, 0.717) is 19.0 Å². The van der Waals surface area contributed by atoms with Crippen LogP contribution in [0.15, 0.2) is 17.0 Å². The van der Waals surface area contributed by atoms with Crippen molar-refractivity contribution in [2.75, 3.05) is 6.54 Å². The molecule has 0 heterocycles. The molecule has 1 aliphatic carbocycles. The highest BCUT2D eigenvalue weighted by atomic mass is 35.5. The Morgan fingerprint density at radius 2 is 2.10 bits per heavy atom. The number of sulfonamides is 1. The fourth-order valence-electron chi connectivity index (χ4n) is 1.95. The first-order valence-electron chi connectivity index (χ1n) is 7.15. The van der Waals surface area contributed by atoms with Crippen molar-refractivity contribution in [2.45, 2.75) is 50.1 Å². The number of hydrogen-bond donors (Lipinski definition) is 2. The van der Waals surface area contributed by atoms with Crippen molar-refractivity contribution in [1.29, 1.82) is 0 Å². The van der Waals surface area contributed by atoms with Gasteiger partial charge in [-0.3, -0.25) is 0 Å². The molecule has 1 aromatic rings. The van der Waals surface area contributed by atoms with Gasteiger partial charge in [0.25, 0.3) is 0 Å². The topological polar surface area (TPSA) is 58.2 Å². The summed E-state index contributed by atoms with van der Waals surface area (Å²) in [5.74, 6) is -0.725. The highest BCUT2D eigenvalue weighted by Crippen LogP contribution is 2.25. The van der Waals surface area contributed by atoms with Gasteiger partial charge in [-0.25, -0.2) is 17.5 Å². The Bertz CT molecular complexity index is 603. The lowest BCUT2D eigenvalue weighted by Gasteiger charge is -2.12. The van der Waals surface area contributed by atoms with Crippen LogP contribution in [0, 0.1) is 5.82 Å². The number of hydrogen-bond acceptors (Lipinski definition) is 3. The van der Waals surface area contributed by atoms with Gasteiger partial charge >= 0.3 is 0 Å². The van der Waals surface area contributed by atoms with Gasteiger partial charge in [0.15, 0.2) is 0 Å². The van der Waals surface area contributed by atoms with Gasteiger partial charge < -0.3 is 5.32 Å². The summed E-state index contributed by atoms with van der Waals surface area (Å²) in [6.07, 6.45) is 3.71. The van der Waals surface area contributed by atoms with E-state index in [1.165, 1.54) is 6.07 Å². The van der Waals surface area contributed by atoms with E-state index in [2.05, 4.69) is 10.0 Å². The van der Waals surface area contributed by atoms with Gasteiger partial charge in [0, 0.05) is 29.7 Å². The molecule has 4 nitrogen and oxygen atoms in total. The molecule has 0 bridgehead atoms. The summed E-state index contributed by atoms with van der Waals surface area (Å²) in [6, 6.07) is 3.04. The van der Waals surface area contributed by atoms with Crippen molar-refractivity contribution >= 4 is 21.6 Å². The Labute approximate surface area is 130 Å². The minimum Gasteiger partial charge on any atom is -0.310 e. The Morgan fingerprint density at radius 3 is 2.71 bits per heavy atom. The average molecular weight is 335 g/mol. The SMILES string of the molecule is CCCCNS(=O)(=O)c1cc(Cl)cc(CNC2CC2)c1F. The van der Waals surface area contributed by atoms with E-state index < -0.39 is 15.8 Å². The van der Waals surface area contributed by atoms with Gasteiger partial charge in [-0.2, -0.15) is 0 Å². The van der Waals surface area contributed by atoms with Crippen LogP contribution >= 0.6 is 11.6 Å². The third-order valence-corrected chi connectivity index (χ3v) is 5.03. The van der Waals surface area contributed by atoms with Crippen LogP contribution in [0.1, 0.15) is 38.2 Å². The van der Waals surface area contributed by atoms with Crippen LogP contribution in [0.2, 0.25) is 5.02 Å². The number of halogens is 2. The molecule has 2 N–H and O–H groups in total. The Hall–Kier alpha value is -0.690. The normalized spacial score (nSPS) is 15.4. The van der Waals surface area contributed by atoms with Crippen molar-refractivity contribution in [2.24, 2.45) is 0 Å². The smallest absolute Gasteiger partial charge is 0.243 e. The van der Waals surface area contributed by atoms with Crippen molar-refractivity contribution in [3.05, 3.63) is 28.5 Å². The molecule has 0 unspecified atom stereocenters. The molecule has 2 rings (SSSR count). The Balaban J connectivity index is 2.20. The van der Waals surface area contributed by atoms with E-state index in [-0.39, 0.29) is 22.0 Å². The second kappa shape index (κ2) is 7.05. The van der Waals surface area contributed by atoms with E-state index in [1.807, 2.05) is 6.92 Å². The fraction of sp³-hybridized carbons (Fsp3) is 0.571. The molecule has 118 valence electrons. The first-order valence-corrected chi connectivity index (χ1v) is 9.01. The molecule has 0 aromatic heterocycles. The quantitative estimate of drug-likeness (QED) is 0.719. The van der Waals surface area contributed by atoms with Crippen LogP contribution in [0.25, 0.3) is 0 Å². The molecule has 0 saturated heterocycles. The maximum Gasteiger partial charge on any atom is 0.243 e. The highest BCUT2D eigenvalue weighted by Gasteiger charge is 2.24. The fourth-order valence-corrected chi connectivity index (χ4v) is 3.47. The molecule has 1 aliphatic rings. The summed E-state index contributed by atoms with van der Waals surface area (Å²) >= 11 is 5.93. The molecule has 1 fully saturated rings. The maximum atomic E-state index is 14.4. The maximum absolute atomic E-state index is 14.4. The summed E-state index contributed by atoms with van der Waals surface area (Å²) in [6.45, 7) is 2.53. The zero-order valence-electron chi connectivity index (χ0n) is 12.0. The molecule has 0 atom stereocenters. The van der Waals surface area contributed by atoms with Gasteiger partial charge in [0.05, 0.1) is 0 Å². The summed E-state index contributed by atoms with van der Waals surface area (Å²) < 4.78 is 41.1. The second-order valence-corrected chi connectivity index (χ2v) is 7.46. The third kappa shape index (κ3) is 4.64. The molecular weight excluding hydrogens is 315 g/mol. The standard InChI is InChI=1S/C14H20ClFN2O2S/c1-2-3-6-18-21(19,20)13-8-11(15)7-10(14(13)16)9-17-12-4-5-12/h7-8,12,17-18H,2-6,9H2,1H3. The molecule has 1 saturated carbocycles. The highest BCUT2D eigenvalue weighted by molar-refractivity contribution is 7.89. The van der Waals surface area contributed by atoms with E-state index in [1.54, 1.807) is 0 Å². The van der Waals surface area contributed by atoms with Crippen LogP contribution < -0.4 is 10.0 Å². The zero-order valence-corrected chi connectivity index (χ0v) is 13.5. The lowest BCUT2D eigenvalue weighted by Crippen LogP contribution is -2.26. The number of rotatable bonds is 8. The number of benzene rings is 1. The number of unbranched alkanes of at least 4 members (excludes halogenated alkanes) is 1. The van der Waals surface area contributed by atoms with Crippen molar-refractivity contribution in [3.63, 3.8) is 0 Å². The molecule has 7 heteroatoms.